The Labute approximate surface area is 136 Å². The van der Waals surface area contributed by atoms with Crippen molar-refractivity contribution in [1.82, 2.24) is 5.32 Å². The molecule has 0 aliphatic rings. The number of thiocarbonyl (C=S) groups is 1. The average molecular weight is 312 g/mol. The molecule has 0 saturated carbocycles. The summed E-state index contributed by atoms with van der Waals surface area (Å²) in [6, 6.07) is 11.6. The topological polar surface area (TPSA) is 41.1 Å². The van der Waals surface area contributed by atoms with E-state index in [0.29, 0.717) is 10.7 Å². The molecule has 0 fully saturated rings. The molecule has 0 radical (unpaired) electrons. The molecule has 0 unspecified atom stereocenters. The third kappa shape index (κ3) is 3.92. The number of amides is 1. The lowest BCUT2D eigenvalue weighted by molar-refractivity contribution is 0.0977. The second kappa shape index (κ2) is 6.71. The van der Waals surface area contributed by atoms with E-state index in [4.69, 9.17) is 12.2 Å². The predicted molar refractivity (Wildman–Crippen MR) is 95.5 cm³/mol. The first-order chi connectivity index (χ1) is 10.4. The number of hydrogen-bond donors (Lipinski definition) is 2. The minimum atomic E-state index is -0.203. The molecule has 0 bridgehead atoms. The van der Waals surface area contributed by atoms with Crippen LogP contribution in [0.1, 0.15) is 32.6 Å². The summed E-state index contributed by atoms with van der Waals surface area (Å²) in [6.07, 6.45) is 0. The van der Waals surface area contributed by atoms with Gasteiger partial charge < -0.3 is 5.32 Å². The number of rotatable bonds is 2. The maximum atomic E-state index is 12.2. The first-order valence-electron chi connectivity index (χ1n) is 7.13. The number of hydrogen-bond acceptors (Lipinski definition) is 2. The van der Waals surface area contributed by atoms with Gasteiger partial charge in [-0.25, -0.2) is 0 Å². The molecule has 4 heteroatoms. The standard InChI is InChI=1S/C18H20N2OS/c1-11-5-8-16(14(4)9-11)19-18(22)20-17(21)15-7-6-12(2)13(3)10-15/h5-10H,1-4H3,(H2,19,20,21,22). The molecule has 0 spiro atoms. The van der Waals surface area contributed by atoms with Crippen LogP contribution in [0.25, 0.3) is 0 Å². The molecule has 114 valence electrons. The maximum absolute atomic E-state index is 12.2. The molecule has 0 saturated heterocycles. The number of carbonyl (C=O) groups is 1. The lowest BCUT2D eigenvalue weighted by Crippen LogP contribution is -2.34. The minimum Gasteiger partial charge on any atom is -0.332 e. The van der Waals surface area contributed by atoms with Gasteiger partial charge in [-0.05, 0) is 74.8 Å². The summed E-state index contributed by atoms with van der Waals surface area (Å²) in [5.74, 6) is -0.203. The van der Waals surface area contributed by atoms with Crippen molar-refractivity contribution >= 4 is 28.9 Å². The number of anilines is 1. The maximum Gasteiger partial charge on any atom is 0.257 e. The van der Waals surface area contributed by atoms with Crippen LogP contribution in [-0.2, 0) is 0 Å². The molecule has 0 aliphatic heterocycles. The van der Waals surface area contributed by atoms with E-state index in [9.17, 15) is 4.79 Å². The minimum absolute atomic E-state index is 0.203. The van der Waals surface area contributed by atoms with E-state index >= 15 is 0 Å². The van der Waals surface area contributed by atoms with Crippen molar-refractivity contribution in [3.05, 3.63) is 64.2 Å². The fourth-order valence-electron chi connectivity index (χ4n) is 2.17. The van der Waals surface area contributed by atoms with Crippen LogP contribution in [0.5, 0.6) is 0 Å². The summed E-state index contributed by atoms with van der Waals surface area (Å²) in [5.41, 5.74) is 6.02. The smallest absolute Gasteiger partial charge is 0.257 e. The Balaban J connectivity index is 2.05. The highest BCUT2D eigenvalue weighted by atomic mass is 32.1. The van der Waals surface area contributed by atoms with Gasteiger partial charge in [-0.15, -0.1) is 0 Å². The first kappa shape index (κ1) is 16.2. The lowest BCUT2D eigenvalue weighted by atomic mass is 10.1. The van der Waals surface area contributed by atoms with Gasteiger partial charge >= 0.3 is 0 Å². The fourth-order valence-corrected chi connectivity index (χ4v) is 2.37. The predicted octanol–water partition coefficient (Wildman–Crippen LogP) is 4.05. The second-order valence-corrected chi connectivity index (χ2v) is 5.93. The zero-order chi connectivity index (χ0) is 16.3. The van der Waals surface area contributed by atoms with Crippen LogP contribution < -0.4 is 10.6 Å². The third-order valence-electron chi connectivity index (χ3n) is 3.63. The van der Waals surface area contributed by atoms with Crippen molar-refractivity contribution in [2.45, 2.75) is 27.7 Å². The van der Waals surface area contributed by atoms with Crippen LogP contribution in [0, 0.1) is 27.7 Å². The Bertz CT molecular complexity index is 738. The summed E-state index contributed by atoms with van der Waals surface area (Å²) >= 11 is 5.22. The van der Waals surface area contributed by atoms with E-state index in [2.05, 4.69) is 16.7 Å². The SMILES string of the molecule is Cc1ccc(NC(=S)NC(=O)c2ccc(C)c(C)c2)c(C)c1. The van der Waals surface area contributed by atoms with Gasteiger partial charge in [0.15, 0.2) is 5.11 Å². The first-order valence-corrected chi connectivity index (χ1v) is 7.54. The highest BCUT2D eigenvalue weighted by Gasteiger charge is 2.09. The number of aryl methyl sites for hydroxylation is 4. The van der Waals surface area contributed by atoms with Crippen molar-refractivity contribution in [2.75, 3.05) is 5.32 Å². The molecule has 0 aliphatic carbocycles. The molecular weight excluding hydrogens is 292 g/mol. The van der Waals surface area contributed by atoms with Gasteiger partial charge in [-0.2, -0.15) is 0 Å². The fraction of sp³-hybridized carbons (Fsp3) is 0.222. The quantitative estimate of drug-likeness (QED) is 0.822. The van der Waals surface area contributed by atoms with E-state index in [1.54, 1.807) is 6.07 Å². The number of nitrogens with one attached hydrogen (secondary N) is 2. The van der Waals surface area contributed by atoms with Crippen molar-refractivity contribution in [3.63, 3.8) is 0 Å². The number of benzene rings is 2. The van der Waals surface area contributed by atoms with E-state index in [0.717, 1.165) is 22.4 Å². The van der Waals surface area contributed by atoms with Gasteiger partial charge in [0, 0.05) is 11.3 Å². The summed E-state index contributed by atoms with van der Waals surface area (Å²) in [5, 5.41) is 6.08. The van der Waals surface area contributed by atoms with Crippen LogP contribution in [0.3, 0.4) is 0 Å². The average Bonchev–Trinajstić information content (AvgIpc) is 2.45. The Morgan fingerprint density at radius 1 is 0.909 bits per heavy atom. The van der Waals surface area contributed by atoms with E-state index in [1.165, 1.54) is 5.56 Å². The molecule has 2 aromatic rings. The van der Waals surface area contributed by atoms with E-state index in [-0.39, 0.29) is 5.91 Å². The van der Waals surface area contributed by atoms with Crippen molar-refractivity contribution in [3.8, 4) is 0 Å². The third-order valence-corrected chi connectivity index (χ3v) is 3.83. The van der Waals surface area contributed by atoms with Crippen molar-refractivity contribution < 1.29 is 4.79 Å². The van der Waals surface area contributed by atoms with Gasteiger partial charge in [-0.1, -0.05) is 23.8 Å². The van der Waals surface area contributed by atoms with Gasteiger partial charge in [0.1, 0.15) is 0 Å². The van der Waals surface area contributed by atoms with Crippen LogP contribution in [0.15, 0.2) is 36.4 Å². The van der Waals surface area contributed by atoms with Crippen molar-refractivity contribution in [2.24, 2.45) is 0 Å². The van der Waals surface area contributed by atoms with Crippen LogP contribution in [0.2, 0.25) is 0 Å². The molecule has 2 N–H and O–H groups in total. The zero-order valence-corrected chi connectivity index (χ0v) is 14.1. The molecule has 22 heavy (non-hydrogen) atoms. The lowest BCUT2D eigenvalue weighted by Gasteiger charge is -2.12. The Kier molecular flexibility index (Phi) is 4.93. The molecule has 2 aromatic carbocycles. The zero-order valence-electron chi connectivity index (χ0n) is 13.3. The summed E-state index contributed by atoms with van der Waals surface area (Å²) in [4.78, 5) is 12.2. The van der Waals surface area contributed by atoms with Gasteiger partial charge in [0.05, 0.1) is 0 Å². The van der Waals surface area contributed by atoms with Gasteiger partial charge in [-0.3, -0.25) is 10.1 Å². The van der Waals surface area contributed by atoms with Crippen LogP contribution in [-0.4, -0.2) is 11.0 Å². The molecule has 0 aromatic heterocycles. The van der Waals surface area contributed by atoms with Crippen LogP contribution >= 0.6 is 12.2 Å². The summed E-state index contributed by atoms with van der Waals surface area (Å²) < 4.78 is 0. The largest absolute Gasteiger partial charge is 0.332 e. The molecule has 2 rings (SSSR count). The van der Waals surface area contributed by atoms with Crippen LogP contribution in [0.4, 0.5) is 5.69 Å². The Morgan fingerprint density at radius 2 is 1.64 bits per heavy atom. The number of carbonyl (C=O) groups excluding carboxylic acids is 1. The molecule has 0 heterocycles. The van der Waals surface area contributed by atoms with Gasteiger partial charge in [0.25, 0.3) is 5.91 Å². The monoisotopic (exact) mass is 312 g/mol. The van der Waals surface area contributed by atoms with E-state index in [1.807, 2.05) is 52.0 Å². The Morgan fingerprint density at radius 3 is 2.27 bits per heavy atom. The molecule has 3 nitrogen and oxygen atoms in total. The van der Waals surface area contributed by atoms with E-state index < -0.39 is 0 Å². The Hall–Kier alpha value is -2.20. The normalized spacial score (nSPS) is 10.2. The highest BCUT2D eigenvalue weighted by Crippen LogP contribution is 2.16. The van der Waals surface area contributed by atoms with Crippen molar-refractivity contribution in [1.29, 1.82) is 0 Å². The molecule has 1 amide bonds. The second-order valence-electron chi connectivity index (χ2n) is 5.53. The highest BCUT2D eigenvalue weighted by molar-refractivity contribution is 7.80. The molecular formula is C18H20N2OS. The molecule has 0 atom stereocenters. The van der Waals surface area contributed by atoms with Gasteiger partial charge in [0.2, 0.25) is 0 Å². The summed E-state index contributed by atoms with van der Waals surface area (Å²) in [6.45, 7) is 8.04. The summed E-state index contributed by atoms with van der Waals surface area (Å²) in [7, 11) is 0.